The maximum atomic E-state index is 12.5. The number of rotatable bonds is 1. The van der Waals surface area contributed by atoms with E-state index < -0.39 is 5.54 Å². The van der Waals surface area contributed by atoms with Crippen molar-refractivity contribution in [3.63, 3.8) is 0 Å². The van der Waals surface area contributed by atoms with Gasteiger partial charge in [-0.15, -0.1) is 0 Å². The molecule has 2 aliphatic rings. The number of benzene rings is 1. The third kappa shape index (κ3) is 1.91. The van der Waals surface area contributed by atoms with Gasteiger partial charge in [0.05, 0.1) is 0 Å². The molecule has 4 nitrogen and oxygen atoms in total. The number of fused-ring (bicyclic) bond motifs is 2. The highest BCUT2D eigenvalue weighted by atomic mass is 16.2. The van der Waals surface area contributed by atoms with E-state index in [1.165, 1.54) is 5.56 Å². The third-order valence-corrected chi connectivity index (χ3v) is 3.99. The van der Waals surface area contributed by atoms with Crippen LogP contribution in [0.25, 0.3) is 0 Å². The molecule has 3 rings (SSSR count). The summed E-state index contributed by atoms with van der Waals surface area (Å²) in [4.78, 5) is 16.8. The van der Waals surface area contributed by atoms with Crippen molar-refractivity contribution in [1.82, 2.24) is 10.6 Å². The second-order valence-corrected chi connectivity index (χ2v) is 5.17. The number of carbonyl (C=O) groups is 1. The van der Waals surface area contributed by atoms with Gasteiger partial charge in [0.2, 0.25) is 0 Å². The van der Waals surface area contributed by atoms with E-state index in [1.807, 2.05) is 19.1 Å². The minimum atomic E-state index is -0.610. The molecule has 1 heterocycles. The fraction of sp³-hybridized carbons (Fsp3) is 0.467. The first-order chi connectivity index (χ1) is 9.26. The lowest BCUT2D eigenvalue weighted by Gasteiger charge is -2.27. The van der Waals surface area contributed by atoms with Gasteiger partial charge in [0.25, 0.3) is 5.91 Å². The summed E-state index contributed by atoms with van der Waals surface area (Å²) >= 11 is 0. The van der Waals surface area contributed by atoms with Crippen LogP contribution < -0.4 is 10.6 Å². The van der Waals surface area contributed by atoms with Crippen LogP contribution in [-0.2, 0) is 16.8 Å². The molecule has 19 heavy (non-hydrogen) atoms. The number of amides is 1. The normalized spacial score (nSPS) is 27.8. The molecule has 1 aliphatic heterocycles. The molecule has 0 aromatic heterocycles. The van der Waals surface area contributed by atoms with E-state index in [0.29, 0.717) is 12.5 Å². The van der Waals surface area contributed by atoms with Crippen molar-refractivity contribution >= 4 is 11.9 Å². The van der Waals surface area contributed by atoms with E-state index in [-0.39, 0.29) is 5.91 Å². The molecule has 0 saturated carbocycles. The SMILES string of the molecule is CCN=C1NC(=O)C2(CCCCc3ccccc32)N1. The maximum absolute atomic E-state index is 12.5. The monoisotopic (exact) mass is 257 g/mol. The minimum absolute atomic E-state index is 0.0362. The van der Waals surface area contributed by atoms with Crippen LogP contribution in [-0.4, -0.2) is 18.4 Å². The van der Waals surface area contributed by atoms with Crippen LogP contribution in [0.15, 0.2) is 29.3 Å². The van der Waals surface area contributed by atoms with Crippen LogP contribution in [0.2, 0.25) is 0 Å². The lowest BCUT2D eigenvalue weighted by Crippen LogP contribution is -2.44. The second-order valence-electron chi connectivity index (χ2n) is 5.17. The topological polar surface area (TPSA) is 53.5 Å². The van der Waals surface area contributed by atoms with E-state index in [4.69, 9.17) is 0 Å². The van der Waals surface area contributed by atoms with Crippen LogP contribution in [0.3, 0.4) is 0 Å². The molecule has 1 atom stereocenters. The van der Waals surface area contributed by atoms with Crippen molar-refractivity contribution < 1.29 is 4.79 Å². The van der Waals surface area contributed by atoms with E-state index >= 15 is 0 Å². The average molecular weight is 257 g/mol. The summed E-state index contributed by atoms with van der Waals surface area (Å²) in [7, 11) is 0. The molecule has 4 heteroatoms. The zero-order valence-electron chi connectivity index (χ0n) is 11.2. The van der Waals surface area contributed by atoms with Crippen LogP contribution in [0, 0.1) is 0 Å². The molecule has 1 amide bonds. The first kappa shape index (κ1) is 12.2. The number of nitrogens with one attached hydrogen (secondary N) is 2. The Labute approximate surface area is 113 Å². The molecule has 1 fully saturated rings. The number of aliphatic imine (C=N–C) groups is 1. The molecular weight excluding hydrogens is 238 g/mol. The largest absolute Gasteiger partial charge is 0.338 e. The number of guanidine groups is 1. The molecule has 1 aliphatic carbocycles. The van der Waals surface area contributed by atoms with E-state index in [9.17, 15) is 4.79 Å². The third-order valence-electron chi connectivity index (χ3n) is 3.99. The second kappa shape index (κ2) is 4.68. The van der Waals surface area contributed by atoms with Crippen LogP contribution >= 0.6 is 0 Å². The number of carbonyl (C=O) groups excluding carboxylic acids is 1. The van der Waals surface area contributed by atoms with Gasteiger partial charge in [-0.25, -0.2) is 0 Å². The first-order valence-corrected chi connectivity index (χ1v) is 6.99. The standard InChI is InChI=1S/C15H19N3O/c1-2-16-14-17-13(19)15(18-14)10-6-5-8-11-7-3-4-9-12(11)15/h3-4,7,9H,2,5-6,8,10H2,1H3,(H2,16,17,18,19). The molecule has 1 aromatic rings. The van der Waals surface area contributed by atoms with Crippen LogP contribution in [0.4, 0.5) is 0 Å². The zero-order valence-corrected chi connectivity index (χ0v) is 11.2. The molecular formula is C15H19N3O. The summed E-state index contributed by atoms with van der Waals surface area (Å²) < 4.78 is 0. The Hall–Kier alpha value is -1.84. The fourth-order valence-electron chi connectivity index (χ4n) is 3.10. The number of aryl methyl sites for hydroxylation is 1. The highest BCUT2D eigenvalue weighted by Crippen LogP contribution is 2.36. The molecule has 0 radical (unpaired) electrons. The Kier molecular flexibility index (Phi) is 3.01. The van der Waals surface area contributed by atoms with E-state index in [1.54, 1.807) is 0 Å². The molecule has 0 bridgehead atoms. The van der Waals surface area contributed by atoms with Crippen LogP contribution in [0.5, 0.6) is 0 Å². The van der Waals surface area contributed by atoms with E-state index in [2.05, 4.69) is 27.8 Å². The number of nitrogens with zero attached hydrogens (tertiary/aromatic N) is 1. The Morgan fingerprint density at radius 1 is 1.32 bits per heavy atom. The highest BCUT2D eigenvalue weighted by molar-refractivity contribution is 6.09. The Morgan fingerprint density at radius 3 is 3.00 bits per heavy atom. The van der Waals surface area contributed by atoms with Gasteiger partial charge in [0.15, 0.2) is 5.96 Å². The zero-order chi connectivity index (χ0) is 13.3. The summed E-state index contributed by atoms with van der Waals surface area (Å²) in [5.74, 6) is 0.651. The van der Waals surface area contributed by atoms with Gasteiger partial charge >= 0.3 is 0 Å². The van der Waals surface area contributed by atoms with Gasteiger partial charge in [0.1, 0.15) is 5.54 Å². The first-order valence-electron chi connectivity index (χ1n) is 6.99. The molecule has 1 aromatic carbocycles. The Bertz CT molecular complexity index is 538. The highest BCUT2D eigenvalue weighted by Gasteiger charge is 2.47. The maximum Gasteiger partial charge on any atom is 0.257 e. The molecule has 1 saturated heterocycles. The predicted octanol–water partition coefficient (Wildman–Crippen LogP) is 1.70. The van der Waals surface area contributed by atoms with Gasteiger partial charge in [0, 0.05) is 6.54 Å². The number of hydrogen-bond donors (Lipinski definition) is 2. The fourth-order valence-corrected chi connectivity index (χ4v) is 3.10. The van der Waals surface area contributed by atoms with Gasteiger partial charge < -0.3 is 5.32 Å². The van der Waals surface area contributed by atoms with Crippen molar-refractivity contribution in [1.29, 1.82) is 0 Å². The van der Waals surface area contributed by atoms with Crippen molar-refractivity contribution in [2.75, 3.05) is 6.54 Å². The summed E-state index contributed by atoms with van der Waals surface area (Å²) in [6.45, 7) is 2.63. The number of hydrogen-bond acceptors (Lipinski definition) is 2. The van der Waals surface area contributed by atoms with Crippen molar-refractivity contribution in [3.05, 3.63) is 35.4 Å². The van der Waals surface area contributed by atoms with Gasteiger partial charge in [-0.3, -0.25) is 15.1 Å². The van der Waals surface area contributed by atoms with Gasteiger partial charge in [-0.2, -0.15) is 0 Å². The predicted molar refractivity (Wildman–Crippen MR) is 74.9 cm³/mol. The summed E-state index contributed by atoms with van der Waals surface area (Å²) in [6, 6.07) is 8.26. The lowest BCUT2D eigenvalue weighted by molar-refractivity contribution is -0.124. The van der Waals surface area contributed by atoms with Crippen molar-refractivity contribution in [2.24, 2.45) is 4.99 Å². The molecule has 1 unspecified atom stereocenters. The minimum Gasteiger partial charge on any atom is -0.338 e. The van der Waals surface area contributed by atoms with Crippen molar-refractivity contribution in [3.8, 4) is 0 Å². The summed E-state index contributed by atoms with van der Waals surface area (Å²) in [6.07, 6.45) is 4.06. The van der Waals surface area contributed by atoms with Crippen molar-refractivity contribution in [2.45, 2.75) is 38.1 Å². The molecule has 100 valence electrons. The van der Waals surface area contributed by atoms with Gasteiger partial charge in [-0.1, -0.05) is 24.3 Å². The summed E-state index contributed by atoms with van der Waals surface area (Å²) in [5, 5.41) is 6.23. The quantitative estimate of drug-likeness (QED) is 0.804. The smallest absolute Gasteiger partial charge is 0.257 e. The Balaban J connectivity index is 2.08. The molecule has 2 N–H and O–H groups in total. The lowest BCUT2D eigenvalue weighted by atomic mass is 9.84. The molecule has 1 spiro atoms. The summed E-state index contributed by atoms with van der Waals surface area (Å²) in [5.41, 5.74) is 1.79. The average Bonchev–Trinajstić information content (AvgIpc) is 2.61. The van der Waals surface area contributed by atoms with Gasteiger partial charge in [-0.05, 0) is 43.7 Å². The van der Waals surface area contributed by atoms with E-state index in [0.717, 1.165) is 31.2 Å². The van der Waals surface area contributed by atoms with Crippen LogP contribution in [0.1, 0.15) is 37.3 Å². The Morgan fingerprint density at radius 2 is 2.16 bits per heavy atom.